The van der Waals surface area contributed by atoms with Crippen molar-refractivity contribution in [1.82, 2.24) is 0 Å². The van der Waals surface area contributed by atoms with Gasteiger partial charge in [-0.2, -0.15) is 0 Å². The molecule has 0 radical (unpaired) electrons. The summed E-state index contributed by atoms with van der Waals surface area (Å²) in [5.41, 5.74) is 0. The molecule has 0 rings (SSSR count). The zero-order valence-corrected chi connectivity index (χ0v) is 11.6. The van der Waals surface area contributed by atoms with Gasteiger partial charge in [0, 0.05) is 13.8 Å². The molecule has 0 N–H and O–H groups in total. The molecule has 0 unspecified atom stereocenters. The maximum absolute atomic E-state index is 10.0. The van der Waals surface area contributed by atoms with Crippen LogP contribution in [-0.2, 0) is 19.1 Å². The molecule has 0 bridgehead atoms. The minimum absolute atomic E-state index is 0.0255. The first kappa shape index (κ1) is 20.4. The van der Waals surface area contributed by atoms with E-state index < -0.39 is 0 Å². The first-order chi connectivity index (χ1) is 7.31. The van der Waals surface area contributed by atoms with Crippen LogP contribution < -0.4 is 0 Å². The minimum atomic E-state index is -0.213. The third kappa shape index (κ3) is 52.3. The van der Waals surface area contributed by atoms with Crippen molar-refractivity contribution < 1.29 is 19.1 Å². The third-order valence-electron chi connectivity index (χ3n) is 0.749. The third-order valence-corrected chi connectivity index (χ3v) is 0.749. The van der Waals surface area contributed by atoms with Gasteiger partial charge in [-0.05, 0) is 20.8 Å². The van der Waals surface area contributed by atoms with E-state index in [1.165, 1.54) is 20.3 Å². The number of carbonyl (C=O) groups excluding carboxylic acids is 2. The van der Waals surface area contributed by atoms with Gasteiger partial charge in [-0.3, -0.25) is 9.59 Å². The van der Waals surface area contributed by atoms with Crippen molar-refractivity contribution in [2.75, 3.05) is 6.61 Å². The Morgan fingerprint density at radius 2 is 1.38 bits per heavy atom. The second kappa shape index (κ2) is 16.4. The van der Waals surface area contributed by atoms with Gasteiger partial charge in [-0.15, -0.1) is 0 Å². The monoisotopic (exact) mass is 234 g/mol. The van der Waals surface area contributed by atoms with Gasteiger partial charge in [0.05, 0.1) is 12.7 Å². The summed E-state index contributed by atoms with van der Waals surface area (Å²) >= 11 is 0. The van der Waals surface area contributed by atoms with Crippen LogP contribution in [0.4, 0.5) is 0 Å². The maximum Gasteiger partial charge on any atom is 0.302 e. The summed E-state index contributed by atoms with van der Waals surface area (Å²) in [4.78, 5) is 19.9. The number of hydrogen-bond acceptors (Lipinski definition) is 4. The van der Waals surface area contributed by atoms with Gasteiger partial charge in [-0.1, -0.05) is 20.3 Å². The van der Waals surface area contributed by atoms with E-state index in [-0.39, 0.29) is 18.0 Å². The molecule has 0 aliphatic rings. The smallest absolute Gasteiger partial charge is 0.302 e. The number of hydrogen-bond donors (Lipinski definition) is 0. The van der Waals surface area contributed by atoms with Crippen molar-refractivity contribution >= 4 is 11.9 Å². The number of carbonyl (C=O) groups is 2. The summed E-state index contributed by atoms with van der Waals surface area (Å²) in [5, 5.41) is 0. The molecule has 0 heterocycles. The lowest BCUT2D eigenvalue weighted by atomic mass is 10.5. The van der Waals surface area contributed by atoms with Crippen LogP contribution in [0.2, 0.25) is 0 Å². The molecule has 4 nitrogen and oxygen atoms in total. The highest BCUT2D eigenvalue weighted by molar-refractivity contribution is 5.66. The minimum Gasteiger partial charge on any atom is -0.466 e. The summed E-state index contributed by atoms with van der Waals surface area (Å²) in [5.74, 6) is -0.424. The van der Waals surface area contributed by atoms with Crippen LogP contribution in [0.5, 0.6) is 0 Å². The maximum atomic E-state index is 10.0. The lowest BCUT2D eigenvalue weighted by Crippen LogP contribution is -2.06. The van der Waals surface area contributed by atoms with Gasteiger partial charge >= 0.3 is 11.9 Å². The SMILES string of the molecule is CC(=O)OC(C)C.CCC.CCOC(C)=O. The molecule has 0 atom stereocenters. The quantitative estimate of drug-likeness (QED) is 0.689. The van der Waals surface area contributed by atoms with E-state index in [1.807, 2.05) is 13.8 Å². The largest absolute Gasteiger partial charge is 0.466 e. The summed E-state index contributed by atoms with van der Waals surface area (Å²) < 4.78 is 9.01. The van der Waals surface area contributed by atoms with E-state index in [4.69, 9.17) is 0 Å². The van der Waals surface area contributed by atoms with E-state index >= 15 is 0 Å². The molecule has 0 saturated heterocycles. The highest BCUT2D eigenvalue weighted by Gasteiger charge is 1.93. The van der Waals surface area contributed by atoms with Gasteiger partial charge in [-0.25, -0.2) is 0 Å². The molecular formula is C12H26O4. The van der Waals surface area contributed by atoms with Crippen LogP contribution in [0.25, 0.3) is 0 Å². The number of ether oxygens (including phenoxy) is 2. The molecule has 16 heavy (non-hydrogen) atoms. The molecule has 0 amide bonds. The van der Waals surface area contributed by atoms with Crippen molar-refractivity contribution in [2.45, 2.75) is 61.0 Å². The second-order valence-corrected chi connectivity index (χ2v) is 3.29. The van der Waals surface area contributed by atoms with Crippen LogP contribution in [0, 0.1) is 0 Å². The first-order valence-electron chi connectivity index (χ1n) is 5.62. The van der Waals surface area contributed by atoms with E-state index in [0.29, 0.717) is 6.61 Å². The molecule has 0 saturated carbocycles. The second-order valence-electron chi connectivity index (χ2n) is 3.29. The topological polar surface area (TPSA) is 52.6 Å². The van der Waals surface area contributed by atoms with Gasteiger partial charge in [0.25, 0.3) is 0 Å². The summed E-state index contributed by atoms with van der Waals surface area (Å²) in [6, 6.07) is 0. The summed E-state index contributed by atoms with van der Waals surface area (Å²) in [6.45, 7) is 12.9. The van der Waals surface area contributed by atoms with E-state index in [9.17, 15) is 9.59 Å². The lowest BCUT2D eigenvalue weighted by molar-refractivity contribution is -0.144. The number of rotatable bonds is 2. The Kier molecular flexibility index (Phi) is 20.8. The van der Waals surface area contributed by atoms with Crippen molar-refractivity contribution in [3.8, 4) is 0 Å². The standard InChI is InChI=1S/C5H10O2.C4H8O2.C3H8/c1-4(2)7-5(3)6;1-3-6-4(2)5;1-3-2/h4H,1-3H3;3H2,1-2H3;3H2,1-2H3. The van der Waals surface area contributed by atoms with Gasteiger partial charge in [0.2, 0.25) is 0 Å². The summed E-state index contributed by atoms with van der Waals surface area (Å²) in [6.07, 6.45) is 1.28. The highest BCUT2D eigenvalue weighted by Crippen LogP contribution is 1.85. The van der Waals surface area contributed by atoms with Gasteiger partial charge < -0.3 is 9.47 Å². The Hall–Kier alpha value is -1.06. The molecule has 0 aromatic rings. The summed E-state index contributed by atoms with van der Waals surface area (Å²) in [7, 11) is 0. The van der Waals surface area contributed by atoms with Crippen LogP contribution >= 0.6 is 0 Å². The fraction of sp³-hybridized carbons (Fsp3) is 0.833. The Balaban J connectivity index is -0.000000172. The van der Waals surface area contributed by atoms with Crippen molar-refractivity contribution in [2.24, 2.45) is 0 Å². The molecular weight excluding hydrogens is 208 g/mol. The van der Waals surface area contributed by atoms with E-state index in [2.05, 4.69) is 23.3 Å². The normalized spacial score (nSPS) is 8.00. The van der Waals surface area contributed by atoms with Crippen LogP contribution in [0.1, 0.15) is 54.9 Å². The number of esters is 2. The van der Waals surface area contributed by atoms with E-state index in [0.717, 1.165) is 0 Å². The van der Waals surface area contributed by atoms with E-state index in [1.54, 1.807) is 6.92 Å². The Morgan fingerprint density at radius 3 is 1.38 bits per heavy atom. The molecule has 4 heteroatoms. The zero-order valence-electron chi connectivity index (χ0n) is 11.6. The van der Waals surface area contributed by atoms with Crippen LogP contribution in [0.15, 0.2) is 0 Å². The van der Waals surface area contributed by atoms with Gasteiger partial charge in [0.1, 0.15) is 0 Å². The Bertz CT molecular complexity index is 164. The lowest BCUT2D eigenvalue weighted by Gasteiger charge is -2.01. The molecule has 0 aliphatic carbocycles. The van der Waals surface area contributed by atoms with Crippen LogP contribution in [0.3, 0.4) is 0 Å². The zero-order chi connectivity index (χ0) is 13.6. The average molecular weight is 234 g/mol. The first-order valence-corrected chi connectivity index (χ1v) is 5.62. The van der Waals surface area contributed by atoms with Gasteiger partial charge in [0.15, 0.2) is 0 Å². The molecule has 0 aromatic carbocycles. The predicted octanol–water partition coefficient (Wildman–Crippen LogP) is 2.94. The van der Waals surface area contributed by atoms with Crippen LogP contribution in [-0.4, -0.2) is 24.6 Å². The Labute approximate surface area is 99.3 Å². The van der Waals surface area contributed by atoms with Crippen molar-refractivity contribution in [3.05, 3.63) is 0 Å². The van der Waals surface area contributed by atoms with Crippen molar-refractivity contribution in [3.63, 3.8) is 0 Å². The molecule has 0 fully saturated rings. The fourth-order valence-electron chi connectivity index (χ4n) is 0.535. The Morgan fingerprint density at radius 1 is 1.00 bits per heavy atom. The average Bonchev–Trinajstić information content (AvgIpc) is 2.02. The highest BCUT2D eigenvalue weighted by atomic mass is 16.5. The molecule has 0 aromatic heterocycles. The molecule has 98 valence electrons. The predicted molar refractivity (Wildman–Crippen MR) is 65.2 cm³/mol. The van der Waals surface area contributed by atoms with Crippen molar-refractivity contribution in [1.29, 1.82) is 0 Å². The molecule has 0 spiro atoms. The fourth-order valence-corrected chi connectivity index (χ4v) is 0.535. The molecule has 0 aliphatic heterocycles.